The lowest BCUT2D eigenvalue weighted by Crippen LogP contribution is -2.51. The summed E-state index contributed by atoms with van der Waals surface area (Å²) in [4.78, 5) is 14.7. The molecule has 0 radical (unpaired) electrons. The van der Waals surface area contributed by atoms with Crippen LogP contribution in [0, 0.1) is 11.8 Å². The molecule has 1 aromatic rings. The summed E-state index contributed by atoms with van der Waals surface area (Å²) < 4.78 is 5.62. The van der Waals surface area contributed by atoms with Crippen LogP contribution in [0.25, 0.3) is 0 Å². The molecule has 5 nitrogen and oxygen atoms in total. The number of carbonyl (C=O) groups is 1. The highest BCUT2D eigenvalue weighted by Gasteiger charge is 2.49. The van der Waals surface area contributed by atoms with Gasteiger partial charge >= 0.3 is 0 Å². The summed E-state index contributed by atoms with van der Waals surface area (Å²) in [6, 6.07) is 4.06. The van der Waals surface area contributed by atoms with E-state index in [1.54, 1.807) is 11.3 Å². The third-order valence-corrected chi connectivity index (χ3v) is 4.84. The van der Waals surface area contributed by atoms with Crippen LogP contribution in [0.4, 0.5) is 0 Å². The van der Waals surface area contributed by atoms with Gasteiger partial charge in [-0.1, -0.05) is 13.8 Å². The molecule has 21 heavy (non-hydrogen) atoms. The van der Waals surface area contributed by atoms with Gasteiger partial charge in [0.2, 0.25) is 5.91 Å². The monoisotopic (exact) mass is 289 g/mol. The average Bonchev–Trinajstić information content (AvgIpc) is 3.10. The first-order valence-electron chi connectivity index (χ1n) is 7.68. The summed E-state index contributed by atoms with van der Waals surface area (Å²) in [5.41, 5.74) is 1.14. The first-order valence-corrected chi connectivity index (χ1v) is 7.68. The number of fused-ring (bicyclic) bond motifs is 1. The van der Waals surface area contributed by atoms with Crippen molar-refractivity contribution in [2.75, 3.05) is 13.6 Å². The van der Waals surface area contributed by atoms with Gasteiger partial charge in [-0.2, -0.15) is 5.10 Å². The Morgan fingerprint density at radius 1 is 1.48 bits per heavy atom. The zero-order valence-electron chi connectivity index (χ0n) is 13.1. The molecule has 1 fully saturated rings. The molecule has 0 bridgehead atoms. The molecular formula is C16H23N3O2. The van der Waals surface area contributed by atoms with E-state index < -0.39 is 0 Å². The quantitative estimate of drug-likeness (QED) is 0.840. The number of hydrogen-bond acceptors (Lipinski definition) is 4. The van der Waals surface area contributed by atoms with Crippen LogP contribution in [-0.4, -0.2) is 41.2 Å². The molecule has 0 saturated carbocycles. The molecule has 1 amide bonds. The highest BCUT2D eigenvalue weighted by molar-refractivity contribution is 5.94. The van der Waals surface area contributed by atoms with Gasteiger partial charge < -0.3 is 9.32 Å². The van der Waals surface area contributed by atoms with Gasteiger partial charge in [0, 0.05) is 36.6 Å². The Balaban J connectivity index is 2.04. The fourth-order valence-corrected chi connectivity index (χ4v) is 3.60. The van der Waals surface area contributed by atoms with Crippen LogP contribution in [0.3, 0.4) is 0 Å². The van der Waals surface area contributed by atoms with Crippen LogP contribution in [-0.2, 0) is 4.79 Å². The summed E-state index contributed by atoms with van der Waals surface area (Å²) >= 11 is 0. The van der Waals surface area contributed by atoms with Crippen LogP contribution in [0.2, 0.25) is 0 Å². The molecule has 3 rings (SSSR count). The van der Waals surface area contributed by atoms with Crippen molar-refractivity contribution in [3.05, 3.63) is 24.2 Å². The highest BCUT2D eigenvalue weighted by atomic mass is 16.3. The van der Waals surface area contributed by atoms with Gasteiger partial charge in [-0.25, -0.2) is 5.01 Å². The van der Waals surface area contributed by atoms with Gasteiger partial charge in [-0.05, 0) is 26.1 Å². The minimum Gasteiger partial charge on any atom is -0.467 e. The van der Waals surface area contributed by atoms with Crippen molar-refractivity contribution in [3.63, 3.8) is 0 Å². The maximum Gasteiger partial charge on any atom is 0.243 e. The minimum absolute atomic E-state index is 0.0559. The Morgan fingerprint density at radius 2 is 2.24 bits per heavy atom. The summed E-state index contributed by atoms with van der Waals surface area (Å²) in [7, 11) is 2.14. The number of piperidine rings is 1. The molecule has 3 heterocycles. The standard InChI is InChI=1S/C16H23N3O2/c1-5-13(20)19-16(12-7-6-8-21-12)14-11(3)18(4)9-10(2)15(14)17-19/h6-8,10-11,14,16H,5,9H2,1-4H3/t10-,11-,14+,16+/m1/s1. The van der Waals surface area contributed by atoms with E-state index in [2.05, 4.69) is 25.8 Å². The zero-order valence-corrected chi connectivity index (χ0v) is 13.1. The lowest BCUT2D eigenvalue weighted by atomic mass is 9.78. The van der Waals surface area contributed by atoms with Gasteiger partial charge in [0.15, 0.2) is 0 Å². The van der Waals surface area contributed by atoms with Gasteiger partial charge in [-0.3, -0.25) is 4.79 Å². The fourth-order valence-electron chi connectivity index (χ4n) is 3.60. The lowest BCUT2D eigenvalue weighted by Gasteiger charge is -2.40. The maximum atomic E-state index is 12.3. The van der Waals surface area contributed by atoms with Gasteiger partial charge in [-0.15, -0.1) is 0 Å². The van der Waals surface area contributed by atoms with E-state index >= 15 is 0 Å². The van der Waals surface area contributed by atoms with Gasteiger partial charge in [0.05, 0.1) is 6.26 Å². The van der Waals surface area contributed by atoms with E-state index in [1.165, 1.54) is 0 Å². The number of amides is 1. The average molecular weight is 289 g/mol. The molecule has 0 aromatic carbocycles. The first kappa shape index (κ1) is 14.3. The lowest BCUT2D eigenvalue weighted by molar-refractivity contribution is -0.133. The van der Waals surface area contributed by atoms with Crippen LogP contribution >= 0.6 is 0 Å². The van der Waals surface area contributed by atoms with Crippen molar-refractivity contribution >= 4 is 11.6 Å². The van der Waals surface area contributed by atoms with E-state index in [0.717, 1.165) is 18.0 Å². The summed E-state index contributed by atoms with van der Waals surface area (Å²) in [6.45, 7) is 7.26. The van der Waals surface area contributed by atoms with E-state index in [1.807, 2.05) is 19.1 Å². The molecule has 1 saturated heterocycles. The molecule has 5 heteroatoms. The van der Waals surface area contributed by atoms with E-state index in [0.29, 0.717) is 18.4 Å². The first-order chi connectivity index (χ1) is 10.0. The molecule has 4 atom stereocenters. The second-order valence-electron chi connectivity index (χ2n) is 6.18. The van der Waals surface area contributed by atoms with Crippen LogP contribution in [0.15, 0.2) is 27.9 Å². The molecule has 2 aliphatic rings. The van der Waals surface area contributed by atoms with E-state index in [4.69, 9.17) is 9.52 Å². The third-order valence-electron chi connectivity index (χ3n) is 4.84. The summed E-state index contributed by atoms with van der Waals surface area (Å²) in [5.74, 6) is 1.46. The number of hydrogen-bond donors (Lipinski definition) is 0. The van der Waals surface area contributed by atoms with Crippen molar-refractivity contribution < 1.29 is 9.21 Å². The molecular weight excluding hydrogens is 266 g/mol. The third kappa shape index (κ3) is 2.20. The summed E-state index contributed by atoms with van der Waals surface area (Å²) in [5, 5.41) is 6.36. The Morgan fingerprint density at radius 3 is 2.86 bits per heavy atom. The van der Waals surface area contributed by atoms with Gasteiger partial charge in [0.1, 0.15) is 11.8 Å². The minimum atomic E-state index is -0.109. The molecule has 0 aliphatic carbocycles. The number of nitrogens with zero attached hydrogens (tertiary/aromatic N) is 3. The van der Waals surface area contributed by atoms with E-state index in [-0.39, 0.29) is 17.9 Å². The predicted octanol–water partition coefficient (Wildman–Crippen LogP) is 2.52. The number of furan rings is 1. The zero-order chi connectivity index (χ0) is 15.1. The number of hydrazone groups is 1. The van der Waals surface area contributed by atoms with Crippen LogP contribution < -0.4 is 0 Å². The SMILES string of the molecule is CCC(=O)N1N=C2[C@H]([C@@H](C)N(C)C[C@H]2C)[C@@H]1c1ccco1. The fraction of sp³-hybridized carbons (Fsp3) is 0.625. The Bertz CT molecular complexity index is 552. The smallest absolute Gasteiger partial charge is 0.243 e. The topological polar surface area (TPSA) is 49.1 Å². The Kier molecular flexibility index (Phi) is 3.61. The molecule has 0 spiro atoms. The normalized spacial score (nSPS) is 33.0. The molecule has 1 aromatic heterocycles. The second kappa shape index (κ2) is 5.30. The Hall–Kier alpha value is -1.62. The van der Waals surface area contributed by atoms with Crippen molar-refractivity contribution in [2.24, 2.45) is 16.9 Å². The number of rotatable bonds is 2. The Labute approximate surface area is 125 Å². The molecule has 0 N–H and O–H groups in total. The molecule has 2 aliphatic heterocycles. The predicted molar refractivity (Wildman–Crippen MR) is 80.8 cm³/mol. The van der Waals surface area contributed by atoms with Crippen molar-refractivity contribution in [3.8, 4) is 0 Å². The van der Waals surface area contributed by atoms with Gasteiger partial charge in [0.25, 0.3) is 0 Å². The maximum absolute atomic E-state index is 12.3. The highest BCUT2D eigenvalue weighted by Crippen LogP contribution is 2.43. The summed E-state index contributed by atoms with van der Waals surface area (Å²) in [6.07, 6.45) is 2.13. The van der Waals surface area contributed by atoms with E-state index in [9.17, 15) is 4.79 Å². The largest absolute Gasteiger partial charge is 0.467 e. The van der Waals surface area contributed by atoms with Crippen molar-refractivity contribution in [2.45, 2.75) is 39.3 Å². The second-order valence-corrected chi connectivity index (χ2v) is 6.18. The number of likely N-dealkylation sites (tertiary alicyclic amines) is 1. The van der Waals surface area contributed by atoms with Crippen molar-refractivity contribution in [1.29, 1.82) is 0 Å². The van der Waals surface area contributed by atoms with Crippen LogP contribution in [0.1, 0.15) is 39.0 Å². The number of carbonyl (C=O) groups excluding carboxylic acids is 1. The van der Waals surface area contributed by atoms with Crippen LogP contribution in [0.5, 0.6) is 0 Å². The molecule has 114 valence electrons. The van der Waals surface area contributed by atoms with Crippen molar-refractivity contribution in [1.82, 2.24) is 9.91 Å². The molecule has 0 unspecified atom stereocenters.